The van der Waals surface area contributed by atoms with Gasteiger partial charge in [0, 0.05) is 13.1 Å². The lowest BCUT2D eigenvalue weighted by Crippen LogP contribution is -2.17. The maximum Gasteiger partial charge on any atom is 0.0717 e. The lowest BCUT2D eigenvalue weighted by atomic mass is 10.0. The Hall–Kier alpha value is -1.72. The molecule has 0 fully saturated rings. The zero-order chi connectivity index (χ0) is 18.8. The van der Waals surface area contributed by atoms with Crippen molar-refractivity contribution in [2.75, 3.05) is 54.5 Å². The molecule has 0 heterocycles. The molecule has 26 heavy (non-hydrogen) atoms. The van der Waals surface area contributed by atoms with Crippen LogP contribution in [0.25, 0.3) is 11.1 Å². The van der Waals surface area contributed by atoms with Crippen LogP contribution in [0.2, 0.25) is 0 Å². The van der Waals surface area contributed by atoms with E-state index in [2.05, 4.69) is 86.5 Å². The van der Waals surface area contributed by atoms with Gasteiger partial charge in [-0.2, -0.15) is 0 Å². The number of hydrogen-bond acceptors (Lipinski definition) is 4. The first-order valence-electron chi connectivity index (χ1n) is 9.18. The molecule has 142 valence electrons. The molecule has 0 unspecified atom stereocenters. The van der Waals surface area contributed by atoms with E-state index < -0.39 is 0 Å². The predicted octanol–water partition coefficient (Wildman–Crippen LogP) is 3.51. The van der Waals surface area contributed by atoms with E-state index in [1.54, 1.807) is 0 Å². The van der Waals surface area contributed by atoms with E-state index in [1.807, 2.05) is 0 Å². The maximum atomic E-state index is 5.76. The normalized spacial score (nSPS) is 11.5. The molecule has 0 aliphatic heterocycles. The van der Waals surface area contributed by atoms with Crippen molar-refractivity contribution < 1.29 is 9.47 Å². The lowest BCUT2D eigenvalue weighted by Gasteiger charge is -2.12. The summed E-state index contributed by atoms with van der Waals surface area (Å²) in [5.41, 5.74) is 4.84. The van der Waals surface area contributed by atoms with Crippen molar-refractivity contribution in [2.45, 2.75) is 13.2 Å². The Morgan fingerprint density at radius 1 is 0.654 bits per heavy atom. The Balaban J connectivity index is 1.93. The van der Waals surface area contributed by atoms with Crippen LogP contribution in [0, 0.1) is 0 Å². The number of nitrogens with zero attached hydrogens (tertiary/aromatic N) is 2. The van der Waals surface area contributed by atoms with Gasteiger partial charge < -0.3 is 19.3 Å². The summed E-state index contributed by atoms with van der Waals surface area (Å²) < 4.78 is 11.5. The molecule has 0 N–H and O–H groups in total. The fourth-order valence-corrected chi connectivity index (χ4v) is 2.56. The average molecular weight is 357 g/mol. The zero-order valence-electron chi connectivity index (χ0n) is 16.6. The summed E-state index contributed by atoms with van der Waals surface area (Å²) in [5.74, 6) is 0. The van der Waals surface area contributed by atoms with Crippen LogP contribution < -0.4 is 0 Å². The van der Waals surface area contributed by atoms with Gasteiger partial charge in [-0.3, -0.25) is 0 Å². The Labute approximate surface area is 158 Å². The molecule has 4 heteroatoms. The van der Waals surface area contributed by atoms with Gasteiger partial charge in [-0.05, 0) is 62.6 Å². The summed E-state index contributed by atoms with van der Waals surface area (Å²) in [6, 6.07) is 17.1. The van der Waals surface area contributed by atoms with Crippen LogP contribution in [0.5, 0.6) is 0 Å². The van der Waals surface area contributed by atoms with Gasteiger partial charge in [-0.25, -0.2) is 0 Å². The third-order valence-corrected chi connectivity index (χ3v) is 4.09. The van der Waals surface area contributed by atoms with Crippen LogP contribution in [-0.4, -0.2) is 64.3 Å². The van der Waals surface area contributed by atoms with Crippen molar-refractivity contribution in [3.05, 3.63) is 59.7 Å². The van der Waals surface area contributed by atoms with Gasteiger partial charge in [-0.1, -0.05) is 36.4 Å². The highest BCUT2D eigenvalue weighted by Crippen LogP contribution is 2.22. The Bertz CT molecular complexity index is 599. The molecule has 0 atom stereocenters. The van der Waals surface area contributed by atoms with Gasteiger partial charge in [0.25, 0.3) is 0 Å². The molecule has 0 saturated carbocycles. The van der Waals surface area contributed by atoms with Crippen LogP contribution in [0.3, 0.4) is 0 Å². The summed E-state index contributed by atoms with van der Waals surface area (Å²) in [4.78, 5) is 4.26. The predicted molar refractivity (Wildman–Crippen MR) is 108 cm³/mol. The number of benzene rings is 2. The van der Waals surface area contributed by atoms with Gasteiger partial charge in [-0.15, -0.1) is 0 Å². The van der Waals surface area contributed by atoms with Gasteiger partial charge >= 0.3 is 0 Å². The quantitative estimate of drug-likeness (QED) is 0.575. The zero-order valence-corrected chi connectivity index (χ0v) is 16.6. The summed E-state index contributed by atoms with van der Waals surface area (Å²) >= 11 is 0. The monoisotopic (exact) mass is 356 g/mol. The minimum atomic E-state index is 0.648. The standard InChI is InChI=1S/C22H32N2O2/c1-23(2)11-13-25-17-19-7-5-9-21(15-19)22-10-6-8-20(16-22)18-26-14-12-24(3)4/h5-10,15-16H,11-14,17-18H2,1-4H3. The number of rotatable bonds is 11. The average Bonchev–Trinajstić information content (AvgIpc) is 2.63. The highest BCUT2D eigenvalue weighted by atomic mass is 16.5. The maximum absolute atomic E-state index is 5.76. The molecule has 4 nitrogen and oxygen atoms in total. The van der Waals surface area contributed by atoms with Crippen LogP contribution in [0.4, 0.5) is 0 Å². The van der Waals surface area contributed by atoms with Crippen LogP contribution >= 0.6 is 0 Å². The van der Waals surface area contributed by atoms with Gasteiger partial charge in [0.15, 0.2) is 0 Å². The molecule has 0 aromatic heterocycles. The minimum Gasteiger partial charge on any atom is -0.375 e. The first-order chi connectivity index (χ1) is 12.5. The highest BCUT2D eigenvalue weighted by Gasteiger charge is 2.02. The topological polar surface area (TPSA) is 24.9 Å². The highest BCUT2D eigenvalue weighted by molar-refractivity contribution is 5.64. The van der Waals surface area contributed by atoms with E-state index in [1.165, 1.54) is 22.3 Å². The SMILES string of the molecule is CN(C)CCOCc1cccc(-c2cccc(COCCN(C)C)c2)c1. The molecular formula is C22H32N2O2. The van der Waals surface area contributed by atoms with E-state index in [0.717, 1.165) is 26.3 Å². The van der Waals surface area contributed by atoms with E-state index in [-0.39, 0.29) is 0 Å². The van der Waals surface area contributed by atoms with Crippen molar-refractivity contribution in [1.82, 2.24) is 9.80 Å². The van der Waals surface area contributed by atoms with Gasteiger partial charge in [0.2, 0.25) is 0 Å². The van der Waals surface area contributed by atoms with Crippen molar-refractivity contribution >= 4 is 0 Å². The molecule has 0 amide bonds. The molecule has 0 radical (unpaired) electrons. The Morgan fingerprint density at radius 2 is 1.08 bits per heavy atom. The molecule has 0 aliphatic rings. The smallest absolute Gasteiger partial charge is 0.0717 e. The van der Waals surface area contributed by atoms with E-state index >= 15 is 0 Å². The Kier molecular flexibility index (Phi) is 8.78. The van der Waals surface area contributed by atoms with E-state index in [9.17, 15) is 0 Å². The van der Waals surface area contributed by atoms with Gasteiger partial charge in [0.05, 0.1) is 26.4 Å². The second-order valence-electron chi connectivity index (χ2n) is 7.11. The summed E-state index contributed by atoms with van der Waals surface area (Å²) in [5, 5.41) is 0. The van der Waals surface area contributed by atoms with Crippen molar-refractivity contribution in [2.24, 2.45) is 0 Å². The fourth-order valence-electron chi connectivity index (χ4n) is 2.56. The minimum absolute atomic E-state index is 0.648. The second kappa shape index (κ2) is 11.1. The molecule has 0 aliphatic carbocycles. The summed E-state index contributed by atoms with van der Waals surface area (Å²) in [7, 11) is 8.23. The molecule has 0 saturated heterocycles. The van der Waals surface area contributed by atoms with Crippen molar-refractivity contribution in [3.63, 3.8) is 0 Å². The van der Waals surface area contributed by atoms with E-state index in [4.69, 9.17) is 9.47 Å². The van der Waals surface area contributed by atoms with Crippen LogP contribution in [-0.2, 0) is 22.7 Å². The number of hydrogen-bond donors (Lipinski definition) is 0. The van der Waals surface area contributed by atoms with Gasteiger partial charge in [0.1, 0.15) is 0 Å². The second-order valence-corrected chi connectivity index (χ2v) is 7.11. The van der Waals surface area contributed by atoms with Crippen LogP contribution in [0.1, 0.15) is 11.1 Å². The molecule has 0 bridgehead atoms. The molecule has 2 aromatic carbocycles. The third kappa shape index (κ3) is 7.67. The number of likely N-dealkylation sites (N-methyl/N-ethyl adjacent to an activating group) is 2. The summed E-state index contributed by atoms with van der Waals surface area (Å²) in [6.45, 7) is 4.67. The first kappa shape index (κ1) is 20.6. The number of ether oxygens (including phenoxy) is 2. The lowest BCUT2D eigenvalue weighted by molar-refractivity contribution is 0.105. The Morgan fingerprint density at radius 3 is 1.46 bits per heavy atom. The molecule has 2 aromatic rings. The van der Waals surface area contributed by atoms with Crippen molar-refractivity contribution in [1.29, 1.82) is 0 Å². The first-order valence-corrected chi connectivity index (χ1v) is 9.18. The van der Waals surface area contributed by atoms with E-state index in [0.29, 0.717) is 13.2 Å². The molecular weight excluding hydrogens is 324 g/mol. The molecule has 2 rings (SSSR count). The van der Waals surface area contributed by atoms with Crippen molar-refractivity contribution in [3.8, 4) is 11.1 Å². The van der Waals surface area contributed by atoms with Crippen LogP contribution in [0.15, 0.2) is 48.5 Å². The fraction of sp³-hybridized carbons (Fsp3) is 0.455. The largest absolute Gasteiger partial charge is 0.375 e. The summed E-state index contributed by atoms with van der Waals surface area (Å²) in [6.07, 6.45) is 0. The third-order valence-electron chi connectivity index (χ3n) is 4.09. The molecule has 0 spiro atoms.